The Labute approximate surface area is 106 Å². The van der Waals surface area contributed by atoms with Crippen molar-refractivity contribution < 1.29 is 75.9 Å². The zero-order valence-electron chi connectivity index (χ0n) is 6.87. The first kappa shape index (κ1) is 25.4. The Bertz CT molecular complexity index is 278. The second-order valence-corrected chi connectivity index (χ2v) is 4.25. The van der Waals surface area contributed by atoms with E-state index in [2.05, 4.69) is 0 Å². The molecule has 0 bridgehead atoms. The zero-order valence-corrected chi connectivity index (χ0v) is 11.1. The molecular formula is H4O12S2SiTi. The molecule has 12 nitrogen and oxygen atoms in total. The molecule has 4 N–H and O–H groups in total. The van der Waals surface area contributed by atoms with Crippen LogP contribution in [0.4, 0.5) is 0 Å². The maximum Gasteiger partial charge on any atom is 4.00 e. The molecule has 0 aliphatic heterocycles. The van der Waals surface area contributed by atoms with Gasteiger partial charge in [0.05, 0.1) is 0 Å². The molecule has 96 valence electrons. The van der Waals surface area contributed by atoms with Crippen LogP contribution in [0.1, 0.15) is 0 Å². The van der Waals surface area contributed by atoms with Gasteiger partial charge in [0, 0.05) is 20.8 Å². The molecular weight excluding hydrogens is 332 g/mol. The molecule has 0 atom stereocenters. The quantitative estimate of drug-likeness (QED) is 0.184. The van der Waals surface area contributed by atoms with E-state index in [0.717, 1.165) is 0 Å². The summed E-state index contributed by atoms with van der Waals surface area (Å²) in [6, 6.07) is 0. The van der Waals surface area contributed by atoms with Crippen LogP contribution in [0.25, 0.3) is 0 Å². The van der Waals surface area contributed by atoms with E-state index < -0.39 is 29.8 Å². The van der Waals surface area contributed by atoms with Gasteiger partial charge in [0.1, 0.15) is 0 Å². The summed E-state index contributed by atoms with van der Waals surface area (Å²) in [6.45, 7) is 0. The molecule has 0 fully saturated rings. The maximum absolute atomic E-state index is 8.52. The zero-order chi connectivity index (χ0) is 13.5. The van der Waals surface area contributed by atoms with E-state index >= 15 is 0 Å². The van der Waals surface area contributed by atoms with Crippen molar-refractivity contribution in [2.75, 3.05) is 0 Å². The molecule has 0 aliphatic carbocycles. The van der Waals surface area contributed by atoms with Gasteiger partial charge in [-0.2, -0.15) is 0 Å². The van der Waals surface area contributed by atoms with Crippen molar-refractivity contribution >= 4 is 29.8 Å². The molecule has 0 aromatic rings. The number of hydrogen-bond acceptors (Lipinski definition) is 12. The molecule has 16 heteroatoms. The smallest absolute Gasteiger partial charge is 0.759 e. The van der Waals surface area contributed by atoms with Crippen LogP contribution in [0.2, 0.25) is 0 Å². The van der Waals surface area contributed by atoms with E-state index in [4.69, 9.17) is 54.2 Å². The number of hydrogen-bond donors (Lipinski definition) is 4. The van der Waals surface area contributed by atoms with Crippen molar-refractivity contribution in [1.82, 2.24) is 0 Å². The summed E-state index contributed by atoms with van der Waals surface area (Å²) in [7, 11) is -14.9. The van der Waals surface area contributed by atoms with E-state index in [-0.39, 0.29) is 21.7 Å². The molecule has 0 rings (SSSR count). The van der Waals surface area contributed by atoms with Gasteiger partial charge in [-0.1, -0.05) is 0 Å². The summed E-state index contributed by atoms with van der Waals surface area (Å²) in [6.07, 6.45) is 0. The average Bonchev–Trinajstić information content (AvgIpc) is 1.41. The topological polar surface area (TPSA) is 241 Å². The summed E-state index contributed by atoms with van der Waals surface area (Å²) in [5.41, 5.74) is 0. The van der Waals surface area contributed by atoms with Crippen LogP contribution < -0.4 is 0 Å². The van der Waals surface area contributed by atoms with Crippen LogP contribution in [0.3, 0.4) is 0 Å². The normalized spacial score (nSPS) is 11.0. The van der Waals surface area contributed by atoms with Gasteiger partial charge in [-0.25, -0.2) is 0 Å². The summed E-state index contributed by atoms with van der Waals surface area (Å²) in [4.78, 5) is 29.3. The van der Waals surface area contributed by atoms with Crippen LogP contribution in [0.15, 0.2) is 0 Å². The van der Waals surface area contributed by atoms with Crippen LogP contribution in [-0.4, -0.2) is 63.3 Å². The first-order chi connectivity index (χ1) is 6.00. The van der Waals surface area contributed by atoms with Gasteiger partial charge in [-0.15, -0.1) is 0 Å². The summed E-state index contributed by atoms with van der Waals surface area (Å²) in [5.74, 6) is 0. The molecule has 0 amide bonds. The van der Waals surface area contributed by atoms with Crippen LogP contribution in [-0.2, 0) is 42.5 Å². The van der Waals surface area contributed by atoms with Crippen LogP contribution in [0, 0.1) is 0 Å². The van der Waals surface area contributed by atoms with Gasteiger partial charge in [-0.05, 0) is 0 Å². The summed E-state index contributed by atoms with van der Waals surface area (Å²) in [5, 5.41) is 0. The molecule has 0 saturated heterocycles. The molecule has 0 aromatic heterocycles. The van der Waals surface area contributed by atoms with Gasteiger partial charge in [0.2, 0.25) is 0 Å². The third-order valence-electron chi connectivity index (χ3n) is 0. The molecule has 0 unspecified atom stereocenters. The molecule has 0 heterocycles. The standard InChI is InChI=1S/2H2O4S.H4O4Si.Ti/c3*1-5(2,3)4;/h2*(H2,1,2,3,4);1-4H;/q;;;+4/p-4. The minimum Gasteiger partial charge on any atom is -0.759 e. The Morgan fingerprint density at radius 1 is 0.688 bits per heavy atom. The first-order valence-electron chi connectivity index (χ1n) is 2.23. The average molecular weight is 336 g/mol. The Hall–Kier alpha value is 0.511. The van der Waals surface area contributed by atoms with E-state index in [1.807, 2.05) is 0 Å². The SMILES string of the molecule is O=S(=O)([O-])[O-].O=S(=O)([O-])[O-].O[Si](O)(O)O.[Ti+4]. The van der Waals surface area contributed by atoms with Gasteiger partial charge in [0.25, 0.3) is 0 Å². The monoisotopic (exact) mass is 336 g/mol. The molecule has 16 heavy (non-hydrogen) atoms. The van der Waals surface area contributed by atoms with Crippen molar-refractivity contribution in [3.63, 3.8) is 0 Å². The third-order valence-corrected chi connectivity index (χ3v) is 0. The van der Waals surface area contributed by atoms with Crippen molar-refractivity contribution in [1.29, 1.82) is 0 Å². The molecule has 0 aliphatic rings. The predicted molar refractivity (Wildman–Crippen MR) is 35.6 cm³/mol. The fourth-order valence-corrected chi connectivity index (χ4v) is 0. The minimum absolute atomic E-state index is 0. The van der Waals surface area contributed by atoms with Crippen molar-refractivity contribution in [3.05, 3.63) is 0 Å². The van der Waals surface area contributed by atoms with E-state index in [1.54, 1.807) is 0 Å². The third kappa shape index (κ3) is 10100. The summed E-state index contributed by atoms with van der Waals surface area (Å²) >= 11 is 0. The number of rotatable bonds is 0. The Balaban J connectivity index is -0.0000000655. The molecule has 0 radical (unpaired) electrons. The second-order valence-electron chi connectivity index (χ2n) is 1.42. The Kier molecular flexibility index (Phi) is 15.1. The van der Waals surface area contributed by atoms with Crippen molar-refractivity contribution in [3.8, 4) is 0 Å². The predicted octanol–water partition coefficient (Wildman–Crippen LogP) is -5.29. The van der Waals surface area contributed by atoms with Gasteiger partial charge in [-0.3, -0.25) is 16.8 Å². The van der Waals surface area contributed by atoms with E-state index in [0.29, 0.717) is 0 Å². The van der Waals surface area contributed by atoms with Crippen LogP contribution >= 0.6 is 0 Å². The fraction of sp³-hybridized carbons (Fsp3) is 0. The Morgan fingerprint density at radius 2 is 0.688 bits per heavy atom. The largest absolute Gasteiger partial charge is 4.00 e. The maximum atomic E-state index is 8.52. The Morgan fingerprint density at radius 3 is 0.688 bits per heavy atom. The molecule has 0 spiro atoms. The molecule has 0 aromatic carbocycles. The minimum atomic E-state index is -5.17. The summed E-state index contributed by atoms with van der Waals surface area (Å²) < 4.78 is 68.2. The molecule has 0 saturated carbocycles. The van der Waals surface area contributed by atoms with E-state index in [9.17, 15) is 0 Å². The van der Waals surface area contributed by atoms with Gasteiger partial charge >= 0.3 is 30.8 Å². The van der Waals surface area contributed by atoms with Crippen molar-refractivity contribution in [2.24, 2.45) is 0 Å². The fourth-order valence-electron chi connectivity index (χ4n) is 0. The van der Waals surface area contributed by atoms with Gasteiger partial charge < -0.3 is 37.4 Å². The van der Waals surface area contributed by atoms with Crippen LogP contribution in [0.5, 0.6) is 0 Å². The van der Waals surface area contributed by atoms with Gasteiger partial charge in [0.15, 0.2) is 0 Å². The van der Waals surface area contributed by atoms with E-state index in [1.165, 1.54) is 0 Å². The van der Waals surface area contributed by atoms with Crippen molar-refractivity contribution in [2.45, 2.75) is 0 Å². The first-order valence-corrected chi connectivity index (χ1v) is 6.68. The second kappa shape index (κ2) is 9.53.